The van der Waals surface area contributed by atoms with Crippen molar-refractivity contribution in [2.24, 2.45) is 11.7 Å². The highest BCUT2D eigenvalue weighted by atomic mass is 32.1. The number of thiocarbonyl (C=S) groups is 1. The van der Waals surface area contributed by atoms with Gasteiger partial charge in [0.05, 0.1) is 17.7 Å². The first-order valence-electron chi connectivity index (χ1n) is 6.94. The predicted octanol–water partition coefficient (Wildman–Crippen LogP) is 3.68. The number of hydrogen-bond donors (Lipinski definition) is 1. The molecule has 0 aliphatic heterocycles. The molecule has 0 amide bonds. The number of aromatic nitrogens is 1. The summed E-state index contributed by atoms with van der Waals surface area (Å²) in [6.45, 7) is 4.98. The topological polar surface area (TPSA) is 48.1 Å². The van der Waals surface area contributed by atoms with Crippen LogP contribution in [0.1, 0.15) is 32.3 Å². The minimum absolute atomic E-state index is 0.321. The van der Waals surface area contributed by atoms with E-state index in [-0.39, 0.29) is 0 Å². The lowest BCUT2D eigenvalue weighted by Crippen LogP contribution is -2.15. The average molecular weight is 288 g/mol. The van der Waals surface area contributed by atoms with E-state index in [1.54, 1.807) is 0 Å². The predicted molar refractivity (Wildman–Crippen MR) is 87.2 cm³/mol. The number of rotatable bonds is 6. The van der Waals surface area contributed by atoms with E-state index < -0.39 is 0 Å². The summed E-state index contributed by atoms with van der Waals surface area (Å²) in [7, 11) is 0. The Balaban J connectivity index is 2.30. The third-order valence-electron chi connectivity index (χ3n) is 3.24. The molecule has 0 fully saturated rings. The molecule has 2 aromatic rings. The third-order valence-corrected chi connectivity index (χ3v) is 3.46. The van der Waals surface area contributed by atoms with E-state index in [0.717, 1.165) is 23.7 Å². The fraction of sp³-hybridized carbons (Fsp3) is 0.375. The van der Waals surface area contributed by atoms with Gasteiger partial charge < -0.3 is 10.5 Å². The number of benzene rings is 1. The van der Waals surface area contributed by atoms with Crippen LogP contribution in [-0.4, -0.2) is 16.6 Å². The monoisotopic (exact) mass is 288 g/mol. The first-order valence-corrected chi connectivity index (χ1v) is 7.35. The van der Waals surface area contributed by atoms with Gasteiger partial charge in [0.15, 0.2) is 0 Å². The first kappa shape index (κ1) is 14.7. The van der Waals surface area contributed by atoms with Crippen LogP contribution in [0, 0.1) is 5.92 Å². The van der Waals surface area contributed by atoms with Crippen LogP contribution >= 0.6 is 12.2 Å². The summed E-state index contributed by atoms with van der Waals surface area (Å²) >= 11 is 5.10. The summed E-state index contributed by atoms with van der Waals surface area (Å²) in [5, 5.41) is 1.02. The van der Waals surface area contributed by atoms with Gasteiger partial charge in [-0.2, -0.15) is 0 Å². The van der Waals surface area contributed by atoms with Crippen molar-refractivity contribution in [3.63, 3.8) is 0 Å². The number of hydrogen-bond acceptors (Lipinski definition) is 3. The smallest absolute Gasteiger partial charge is 0.224 e. The number of pyridine rings is 1. The summed E-state index contributed by atoms with van der Waals surface area (Å²) < 4.78 is 5.84. The summed E-state index contributed by atoms with van der Waals surface area (Å²) in [6, 6.07) is 9.83. The van der Waals surface area contributed by atoms with Gasteiger partial charge in [0.25, 0.3) is 0 Å². The molecule has 20 heavy (non-hydrogen) atoms. The molecule has 1 heterocycles. The lowest BCUT2D eigenvalue weighted by atomic mass is 10.1. The van der Waals surface area contributed by atoms with E-state index in [4.69, 9.17) is 22.7 Å². The summed E-state index contributed by atoms with van der Waals surface area (Å²) in [5.41, 5.74) is 7.39. The van der Waals surface area contributed by atoms with Gasteiger partial charge in [-0.25, -0.2) is 4.98 Å². The number of fused-ring (bicyclic) bond motifs is 1. The molecule has 0 bridgehead atoms. The molecule has 0 spiro atoms. The van der Waals surface area contributed by atoms with Gasteiger partial charge in [-0.15, -0.1) is 0 Å². The molecule has 3 nitrogen and oxygen atoms in total. The van der Waals surface area contributed by atoms with Crippen molar-refractivity contribution in [3.05, 3.63) is 35.9 Å². The second-order valence-electron chi connectivity index (χ2n) is 5.10. The highest BCUT2D eigenvalue weighted by Gasteiger charge is 2.12. The van der Waals surface area contributed by atoms with Crippen LogP contribution in [0.3, 0.4) is 0 Å². The molecule has 2 rings (SSSR count). The SMILES string of the molecule is CCCC(C)COc1nc2ccccc2cc1C(N)=S. The van der Waals surface area contributed by atoms with Crippen molar-refractivity contribution in [2.75, 3.05) is 6.61 Å². The quantitative estimate of drug-likeness (QED) is 0.824. The second-order valence-corrected chi connectivity index (χ2v) is 5.54. The Kier molecular flexibility index (Phi) is 4.90. The number of nitrogens with two attached hydrogens (primary N) is 1. The molecule has 0 saturated carbocycles. The molecule has 4 heteroatoms. The van der Waals surface area contributed by atoms with E-state index in [1.165, 1.54) is 0 Å². The van der Waals surface area contributed by atoms with Crippen molar-refractivity contribution in [2.45, 2.75) is 26.7 Å². The lowest BCUT2D eigenvalue weighted by molar-refractivity contribution is 0.243. The fourth-order valence-electron chi connectivity index (χ4n) is 2.18. The molecule has 2 N–H and O–H groups in total. The van der Waals surface area contributed by atoms with E-state index in [9.17, 15) is 0 Å². The molecule has 0 saturated heterocycles. The minimum Gasteiger partial charge on any atom is -0.477 e. The van der Waals surface area contributed by atoms with E-state index >= 15 is 0 Å². The van der Waals surface area contributed by atoms with Gasteiger partial charge in [-0.3, -0.25) is 0 Å². The average Bonchev–Trinajstić information content (AvgIpc) is 2.44. The molecule has 1 aromatic heterocycles. The van der Waals surface area contributed by atoms with Crippen molar-refractivity contribution >= 4 is 28.1 Å². The second kappa shape index (κ2) is 6.66. The van der Waals surface area contributed by atoms with Crippen LogP contribution < -0.4 is 10.5 Å². The van der Waals surface area contributed by atoms with E-state index in [2.05, 4.69) is 18.8 Å². The number of nitrogens with zero attached hydrogens (tertiary/aromatic N) is 1. The molecule has 1 aromatic carbocycles. The maximum Gasteiger partial charge on any atom is 0.224 e. The minimum atomic E-state index is 0.321. The zero-order valence-corrected chi connectivity index (χ0v) is 12.7. The molecular formula is C16H20N2OS. The Labute approximate surface area is 125 Å². The summed E-state index contributed by atoms with van der Waals surface area (Å²) in [6.07, 6.45) is 2.29. The Morgan fingerprint density at radius 1 is 1.40 bits per heavy atom. The van der Waals surface area contributed by atoms with Gasteiger partial charge in [-0.05, 0) is 24.5 Å². The zero-order valence-electron chi connectivity index (χ0n) is 11.9. The molecule has 106 valence electrons. The van der Waals surface area contributed by atoms with Gasteiger partial charge in [0, 0.05) is 5.39 Å². The van der Waals surface area contributed by atoms with Gasteiger partial charge >= 0.3 is 0 Å². The van der Waals surface area contributed by atoms with Crippen LogP contribution in [0.4, 0.5) is 0 Å². The maximum absolute atomic E-state index is 5.84. The van der Waals surface area contributed by atoms with Crippen molar-refractivity contribution in [3.8, 4) is 5.88 Å². The summed E-state index contributed by atoms with van der Waals surface area (Å²) in [4.78, 5) is 4.86. The van der Waals surface area contributed by atoms with Crippen molar-refractivity contribution in [1.82, 2.24) is 4.98 Å². The van der Waals surface area contributed by atoms with E-state index in [1.807, 2.05) is 30.3 Å². The Hall–Kier alpha value is -1.68. The zero-order chi connectivity index (χ0) is 14.5. The van der Waals surface area contributed by atoms with Crippen LogP contribution in [-0.2, 0) is 0 Å². The maximum atomic E-state index is 5.84. The summed E-state index contributed by atoms with van der Waals surface area (Å²) in [5.74, 6) is 1.03. The normalized spacial score (nSPS) is 12.3. The van der Waals surface area contributed by atoms with Crippen LogP contribution in [0.15, 0.2) is 30.3 Å². The standard InChI is InChI=1S/C16H20N2OS/c1-3-6-11(2)10-19-16-13(15(17)20)9-12-7-4-5-8-14(12)18-16/h4-5,7-9,11H,3,6,10H2,1-2H3,(H2,17,20). The van der Waals surface area contributed by atoms with Crippen LogP contribution in [0.5, 0.6) is 5.88 Å². The number of para-hydroxylation sites is 1. The molecule has 0 aliphatic carbocycles. The Bertz CT molecular complexity index is 612. The molecular weight excluding hydrogens is 268 g/mol. The van der Waals surface area contributed by atoms with Gasteiger partial charge in [0.1, 0.15) is 4.99 Å². The first-order chi connectivity index (χ1) is 9.61. The molecule has 0 radical (unpaired) electrons. The molecule has 1 atom stereocenters. The fourth-order valence-corrected chi connectivity index (χ4v) is 2.33. The van der Waals surface area contributed by atoms with E-state index in [0.29, 0.717) is 29.0 Å². The van der Waals surface area contributed by atoms with Crippen molar-refractivity contribution < 1.29 is 4.74 Å². The highest BCUT2D eigenvalue weighted by Crippen LogP contribution is 2.23. The third kappa shape index (κ3) is 3.45. The molecule has 1 unspecified atom stereocenters. The van der Waals surface area contributed by atoms with Crippen LogP contribution in [0.2, 0.25) is 0 Å². The Morgan fingerprint density at radius 2 is 2.15 bits per heavy atom. The number of ether oxygens (including phenoxy) is 1. The van der Waals surface area contributed by atoms with Gasteiger partial charge in [-0.1, -0.05) is 50.7 Å². The highest BCUT2D eigenvalue weighted by molar-refractivity contribution is 7.80. The van der Waals surface area contributed by atoms with Gasteiger partial charge in [0.2, 0.25) is 5.88 Å². The van der Waals surface area contributed by atoms with Crippen molar-refractivity contribution in [1.29, 1.82) is 0 Å². The largest absolute Gasteiger partial charge is 0.477 e. The Morgan fingerprint density at radius 3 is 2.85 bits per heavy atom. The molecule has 0 aliphatic rings. The lowest BCUT2D eigenvalue weighted by Gasteiger charge is -2.14. The van der Waals surface area contributed by atoms with Crippen LogP contribution in [0.25, 0.3) is 10.9 Å².